The highest BCUT2D eigenvalue weighted by atomic mass is 19.2. The fraction of sp³-hybridized carbons (Fsp3) is 0.235. The maximum atomic E-state index is 13.7. The van der Waals surface area contributed by atoms with Gasteiger partial charge < -0.3 is 9.47 Å². The molecule has 1 unspecified atom stereocenters. The molecule has 1 heterocycles. The molecule has 10 heteroatoms. The molecule has 0 amide bonds. The molecule has 2 aromatic rings. The summed E-state index contributed by atoms with van der Waals surface area (Å²) in [6.07, 6.45) is -0.0565. The van der Waals surface area contributed by atoms with E-state index in [9.17, 15) is 30.7 Å². The van der Waals surface area contributed by atoms with Gasteiger partial charge in [-0.05, 0) is 12.1 Å². The first kappa shape index (κ1) is 19.0. The monoisotopic (exact) mass is 393 g/mol. The largest absolute Gasteiger partial charge is 0.487 e. The van der Waals surface area contributed by atoms with Crippen molar-refractivity contribution in [3.63, 3.8) is 0 Å². The maximum absolute atomic E-state index is 13.7. The van der Waals surface area contributed by atoms with E-state index in [-0.39, 0.29) is 18.9 Å². The van der Waals surface area contributed by atoms with Gasteiger partial charge in [0, 0.05) is 6.42 Å². The van der Waals surface area contributed by atoms with Gasteiger partial charge in [0.25, 0.3) is 0 Å². The van der Waals surface area contributed by atoms with Gasteiger partial charge in [-0.1, -0.05) is 6.07 Å². The molecule has 144 valence electrons. The van der Waals surface area contributed by atoms with E-state index in [1.165, 1.54) is 6.07 Å². The number of ether oxygens (including phenoxy) is 2. The van der Waals surface area contributed by atoms with Gasteiger partial charge in [-0.2, -0.15) is 8.78 Å². The van der Waals surface area contributed by atoms with Crippen molar-refractivity contribution in [3.05, 3.63) is 64.5 Å². The molecule has 0 N–H and O–H groups in total. The topological polar surface area (TPSA) is 30.8 Å². The predicted molar refractivity (Wildman–Crippen MR) is 79.0 cm³/mol. The van der Waals surface area contributed by atoms with E-state index >= 15 is 0 Å². The zero-order valence-corrected chi connectivity index (χ0v) is 13.3. The third kappa shape index (κ3) is 3.56. The Kier molecular flexibility index (Phi) is 5.24. The Morgan fingerprint density at radius 2 is 1.44 bits per heavy atom. The minimum atomic E-state index is -2.29. The molecule has 0 spiro atoms. The summed E-state index contributed by atoms with van der Waals surface area (Å²) in [5, 5.41) is 0. The molecule has 1 aliphatic heterocycles. The number of nitrogens with zero attached hydrogens (tertiary/aromatic N) is 1. The van der Waals surface area contributed by atoms with E-state index in [0.717, 1.165) is 12.1 Å². The van der Waals surface area contributed by atoms with Crippen molar-refractivity contribution in [2.45, 2.75) is 12.5 Å². The zero-order valence-electron chi connectivity index (χ0n) is 13.3. The van der Waals surface area contributed by atoms with Gasteiger partial charge in [-0.25, -0.2) is 26.9 Å². The van der Waals surface area contributed by atoms with Gasteiger partial charge in [0.2, 0.25) is 35.0 Å². The molecule has 3 nitrogen and oxygen atoms in total. The van der Waals surface area contributed by atoms with E-state index in [4.69, 9.17) is 4.74 Å². The SMILES string of the molecule is Fc1cccc(F)c1C1=NC(CCOc2c(F)c(F)c(F)c(F)c2F)CO1. The molecule has 0 saturated heterocycles. The van der Waals surface area contributed by atoms with Crippen LogP contribution in [-0.4, -0.2) is 25.2 Å². The minimum Gasteiger partial charge on any atom is -0.487 e. The number of halogens is 7. The summed E-state index contributed by atoms with van der Waals surface area (Å²) < 4.78 is 103. The van der Waals surface area contributed by atoms with Gasteiger partial charge in [0.15, 0.2) is 5.75 Å². The first-order valence-corrected chi connectivity index (χ1v) is 7.60. The van der Waals surface area contributed by atoms with Crippen molar-refractivity contribution in [2.24, 2.45) is 4.99 Å². The lowest BCUT2D eigenvalue weighted by Gasteiger charge is -2.11. The highest BCUT2D eigenvalue weighted by Gasteiger charge is 2.28. The molecule has 27 heavy (non-hydrogen) atoms. The van der Waals surface area contributed by atoms with E-state index in [1.54, 1.807) is 0 Å². The molecule has 0 aliphatic carbocycles. The molecule has 3 rings (SSSR count). The quantitative estimate of drug-likeness (QED) is 0.432. The molecule has 0 aromatic heterocycles. The highest BCUT2D eigenvalue weighted by molar-refractivity contribution is 5.95. The standard InChI is InChI=1S/C17H10F7NO2/c18-8-2-1-3-9(19)10(8)17-25-7(6-27-17)4-5-26-16-14(23)12(21)11(20)13(22)15(16)24/h1-3,7H,4-6H2. The number of rotatable bonds is 5. The summed E-state index contributed by atoms with van der Waals surface area (Å²) in [7, 11) is 0. The van der Waals surface area contributed by atoms with Crippen LogP contribution in [0.5, 0.6) is 5.75 Å². The summed E-state index contributed by atoms with van der Waals surface area (Å²) in [6.45, 7) is -0.563. The van der Waals surface area contributed by atoms with E-state index in [1.807, 2.05) is 0 Å². The lowest BCUT2D eigenvalue weighted by molar-refractivity contribution is 0.238. The van der Waals surface area contributed by atoms with Gasteiger partial charge in [-0.15, -0.1) is 0 Å². The summed E-state index contributed by atoms with van der Waals surface area (Å²) in [6, 6.07) is 2.52. The van der Waals surface area contributed by atoms with Crippen molar-refractivity contribution in [1.29, 1.82) is 0 Å². The van der Waals surface area contributed by atoms with Crippen molar-refractivity contribution < 1.29 is 40.2 Å². The highest BCUT2D eigenvalue weighted by Crippen LogP contribution is 2.29. The van der Waals surface area contributed by atoms with Crippen LogP contribution in [0.2, 0.25) is 0 Å². The normalized spacial score (nSPS) is 16.3. The second kappa shape index (κ2) is 7.45. The van der Waals surface area contributed by atoms with E-state index < -0.39 is 64.7 Å². The van der Waals surface area contributed by atoms with Crippen LogP contribution in [-0.2, 0) is 4.74 Å². The molecular formula is C17H10F7NO2. The molecule has 1 atom stereocenters. The molecule has 2 aromatic carbocycles. The second-order valence-corrected chi connectivity index (χ2v) is 5.53. The molecule has 1 aliphatic rings. The van der Waals surface area contributed by atoms with Crippen LogP contribution in [0, 0.1) is 40.7 Å². The lowest BCUT2D eigenvalue weighted by Crippen LogP contribution is -2.14. The van der Waals surface area contributed by atoms with Gasteiger partial charge >= 0.3 is 0 Å². The summed E-state index contributed by atoms with van der Waals surface area (Å²) in [5.74, 6) is -14.2. The molecule has 0 radical (unpaired) electrons. The minimum absolute atomic E-state index is 0.0565. The molecular weight excluding hydrogens is 383 g/mol. The second-order valence-electron chi connectivity index (χ2n) is 5.53. The summed E-state index contributed by atoms with van der Waals surface area (Å²) >= 11 is 0. The average molecular weight is 393 g/mol. The van der Waals surface area contributed by atoms with Gasteiger partial charge in [-0.3, -0.25) is 0 Å². The third-order valence-corrected chi connectivity index (χ3v) is 3.76. The van der Waals surface area contributed by atoms with Crippen LogP contribution in [0.1, 0.15) is 12.0 Å². The van der Waals surface area contributed by atoms with E-state index in [2.05, 4.69) is 9.73 Å². The van der Waals surface area contributed by atoms with Gasteiger partial charge in [0.1, 0.15) is 23.8 Å². The zero-order chi connectivity index (χ0) is 19.7. The van der Waals surface area contributed by atoms with E-state index in [0.29, 0.717) is 0 Å². The Balaban J connectivity index is 1.69. The fourth-order valence-electron chi connectivity index (χ4n) is 2.41. The lowest BCUT2D eigenvalue weighted by atomic mass is 10.2. The van der Waals surface area contributed by atoms with Crippen LogP contribution in [0.25, 0.3) is 0 Å². The van der Waals surface area contributed by atoms with Crippen molar-refractivity contribution in [2.75, 3.05) is 13.2 Å². The Hall–Kier alpha value is -2.78. The summed E-state index contributed by atoms with van der Waals surface area (Å²) in [4.78, 5) is 3.94. The third-order valence-electron chi connectivity index (χ3n) is 3.76. The first-order valence-electron chi connectivity index (χ1n) is 7.60. The number of hydrogen-bond acceptors (Lipinski definition) is 3. The summed E-state index contributed by atoms with van der Waals surface area (Å²) in [5.41, 5.74) is -0.458. The molecule has 0 saturated carbocycles. The average Bonchev–Trinajstić information content (AvgIpc) is 3.09. The Morgan fingerprint density at radius 3 is 2.04 bits per heavy atom. The number of hydrogen-bond donors (Lipinski definition) is 0. The molecule has 0 bridgehead atoms. The number of aliphatic imine (C=N–C) groups is 1. The molecule has 0 fully saturated rings. The Bertz CT molecular complexity index is 867. The Labute approximate surface area is 148 Å². The maximum Gasteiger partial charge on any atom is 0.222 e. The van der Waals surface area contributed by atoms with Crippen molar-refractivity contribution in [3.8, 4) is 5.75 Å². The smallest absolute Gasteiger partial charge is 0.222 e. The van der Waals surface area contributed by atoms with Crippen LogP contribution in [0.4, 0.5) is 30.7 Å². The van der Waals surface area contributed by atoms with Crippen molar-refractivity contribution in [1.82, 2.24) is 0 Å². The van der Waals surface area contributed by atoms with Crippen LogP contribution >= 0.6 is 0 Å². The van der Waals surface area contributed by atoms with Crippen LogP contribution in [0.15, 0.2) is 23.2 Å². The first-order chi connectivity index (χ1) is 12.8. The van der Waals surface area contributed by atoms with Crippen molar-refractivity contribution >= 4 is 5.90 Å². The Morgan fingerprint density at radius 1 is 0.889 bits per heavy atom. The number of benzene rings is 2. The van der Waals surface area contributed by atoms with Crippen LogP contribution in [0.3, 0.4) is 0 Å². The fourth-order valence-corrected chi connectivity index (χ4v) is 2.41. The van der Waals surface area contributed by atoms with Gasteiger partial charge in [0.05, 0.1) is 12.6 Å². The predicted octanol–water partition coefficient (Wildman–Crippen LogP) is 4.27. The van der Waals surface area contributed by atoms with Crippen LogP contribution < -0.4 is 4.74 Å².